The minimum Gasteiger partial charge on any atom is -0.324 e. The van der Waals surface area contributed by atoms with E-state index >= 15 is 0 Å². The first kappa shape index (κ1) is 24.8. The summed E-state index contributed by atoms with van der Waals surface area (Å²) in [7, 11) is 0. The number of hydrogen-bond acceptors (Lipinski definition) is 4. The minimum atomic E-state index is -0.0238. The third kappa shape index (κ3) is 3.70. The molecule has 0 unspecified atom stereocenters. The average Bonchev–Trinajstić information content (AvgIpc) is 3.76. The number of benzene rings is 4. The summed E-state index contributed by atoms with van der Waals surface area (Å²) in [4.78, 5) is 34.7. The number of rotatable bonds is 0. The predicted octanol–water partition coefficient (Wildman–Crippen LogP) is 7.03. The van der Waals surface area contributed by atoms with Crippen LogP contribution in [0.2, 0.25) is 0 Å². The van der Waals surface area contributed by atoms with Crippen LogP contribution in [0.25, 0.3) is 43.1 Å². The Labute approximate surface area is 250 Å². The fraction of sp³-hybridized carbons (Fsp3) is 0.111. The van der Waals surface area contributed by atoms with Gasteiger partial charge < -0.3 is 19.9 Å². The lowest BCUT2D eigenvalue weighted by molar-refractivity contribution is 0.591. The molecular weight excluding hydrogens is 544 g/mol. The topological polar surface area (TPSA) is 113 Å². The molecule has 8 bridgehead atoms. The highest BCUT2D eigenvalue weighted by Crippen LogP contribution is 2.35. The lowest BCUT2D eigenvalue weighted by atomic mass is 9.86. The molecule has 1 aliphatic rings. The van der Waals surface area contributed by atoms with Crippen molar-refractivity contribution in [3.63, 3.8) is 0 Å². The molecule has 8 aromatic rings. The predicted molar refractivity (Wildman–Crippen MR) is 175 cm³/mol. The molecule has 0 saturated carbocycles. The molecule has 0 amide bonds. The molecule has 4 aromatic carbocycles. The molecular formula is C36H28N8. The molecule has 44 heavy (non-hydrogen) atoms. The van der Waals surface area contributed by atoms with Crippen molar-refractivity contribution < 1.29 is 0 Å². The number of aromatic nitrogens is 4. The first-order chi connectivity index (χ1) is 21.4. The van der Waals surface area contributed by atoms with Crippen LogP contribution in [0.4, 0.5) is 23.3 Å². The highest BCUT2D eigenvalue weighted by Gasteiger charge is 2.17. The highest BCUT2D eigenvalue weighted by molar-refractivity contribution is 6.01. The maximum absolute atomic E-state index is 5.20. The van der Waals surface area contributed by atoms with Gasteiger partial charge >= 0.3 is 0 Å². The van der Waals surface area contributed by atoms with Crippen molar-refractivity contribution in [2.45, 2.75) is 26.2 Å². The largest absolute Gasteiger partial charge is 0.324 e. The Balaban J connectivity index is 1.48. The first-order valence-electron chi connectivity index (χ1n) is 14.8. The molecule has 8 nitrogen and oxygen atoms in total. The van der Waals surface area contributed by atoms with E-state index < -0.39 is 0 Å². The summed E-state index contributed by atoms with van der Waals surface area (Å²) in [6.07, 6.45) is 0. The van der Waals surface area contributed by atoms with Crippen LogP contribution in [-0.2, 0) is 5.41 Å². The third-order valence-corrected chi connectivity index (χ3v) is 8.55. The summed E-state index contributed by atoms with van der Waals surface area (Å²) < 4.78 is 0. The van der Waals surface area contributed by atoms with E-state index in [1.54, 1.807) is 0 Å². The summed E-state index contributed by atoms with van der Waals surface area (Å²) in [5, 5.41) is 7.95. The van der Waals surface area contributed by atoms with Gasteiger partial charge in [0.05, 0.1) is 0 Å². The van der Waals surface area contributed by atoms with Gasteiger partial charge in [-0.2, -0.15) is 0 Å². The molecule has 1 aliphatic heterocycles. The normalized spacial score (nSPS) is 13.2. The second-order valence-corrected chi connectivity index (χ2v) is 12.4. The van der Waals surface area contributed by atoms with E-state index in [2.05, 4.69) is 95.3 Å². The Kier molecular flexibility index (Phi) is 5.00. The number of aromatic amines is 4. The van der Waals surface area contributed by atoms with Crippen molar-refractivity contribution in [3.05, 3.63) is 119 Å². The molecule has 4 aromatic heterocycles. The standard InChI is InChI=1S/C36H28N8/c1-36(2,3)19-16-17-26-27(18-19)35-43-33-25-15-9-8-14-24(25)31(41-33)39-29-21-11-5-4-10-20(21)28(37-29)38-30-22-12-6-7-13-23(22)32(40-30)42-34(26)44-35/h4-18H,1-3H3,(H4,37,38,39,40,41,42,43,44). The smallest absolute Gasteiger partial charge is 0.142 e. The van der Waals surface area contributed by atoms with Crippen LogP contribution >= 0.6 is 0 Å². The molecule has 0 saturated heterocycles. The third-order valence-electron chi connectivity index (χ3n) is 8.55. The zero-order chi connectivity index (χ0) is 29.6. The molecule has 0 aliphatic carbocycles. The van der Waals surface area contributed by atoms with Crippen LogP contribution in [0, 0.1) is 0 Å². The summed E-state index contributed by atoms with van der Waals surface area (Å²) in [5.41, 5.74) is 4.14. The van der Waals surface area contributed by atoms with Gasteiger partial charge in [0.15, 0.2) is 0 Å². The molecule has 212 valence electrons. The van der Waals surface area contributed by atoms with Crippen LogP contribution in [-0.4, -0.2) is 19.9 Å². The summed E-state index contributed by atoms with van der Waals surface area (Å²) in [6, 6.07) is 31.2. The van der Waals surface area contributed by atoms with Crippen molar-refractivity contribution in [2.24, 2.45) is 20.0 Å². The maximum atomic E-state index is 5.20. The van der Waals surface area contributed by atoms with Crippen molar-refractivity contribution in [1.82, 2.24) is 19.9 Å². The van der Waals surface area contributed by atoms with E-state index in [9.17, 15) is 0 Å². The lowest BCUT2D eigenvalue weighted by Gasteiger charge is -2.18. The second-order valence-electron chi connectivity index (χ2n) is 12.4. The van der Waals surface area contributed by atoms with Crippen LogP contribution < -0.4 is 22.0 Å². The van der Waals surface area contributed by atoms with Gasteiger partial charge in [0.1, 0.15) is 45.2 Å². The van der Waals surface area contributed by atoms with Gasteiger partial charge in [-0.05, 0) is 17.0 Å². The van der Waals surface area contributed by atoms with Crippen molar-refractivity contribution >= 4 is 66.4 Å². The van der Waals surface area contributed by atoms with E-state index in [0.717, 1.165) is 88.3 Å². The van der Waals surface area contributed by atoms with E-state index in [1.165, 1.54) is 5.56 Å². The van der Waals surface area contributed by atoms with Crippen molar-refractivity contribution in [2.75, 3.05) is 0 Å². The number of H-pyrrole nitrogens is 4. The monoisotopic (exact) mass is 572 g/mol. The first-order valence-corrected chi connectivity index (χ1v) is 14.8. The van der Waals surface area contributed by atoms with Gasteiger partial charge in [0, 0.05) is 43.1 Å². The molecule has 9 rings (SSSR count). The highest BCUT2D eigenvalue weighted by atomic mass is 15.1. The maximum Gasteiger partial charge on any atom is 0.142 e. The van der Waals surface area contributed by atoms with E-state index in [1.807, 2.05) is 36.4 Å². The van der Waals surface area contributed by atoms with Gasteiger partial charge in [0.2, 0.25) is 0 Å². The van der Waals surface area contributed by atoms with Crippen molar-refractivity contribution in [1.29, 1.82) is 0 Å². The Hall–Kier alpha value is -5.76. The fourth-order valence-electron chi connectivity index (χ4n) is 6.24. The average molecular weight is 573 g/mol. The Morgan fingerprint density at radius 1 is 0.386 bits per heavy atom. The summed E-state index contributed by atoms with van der Waals surface area (Å²) >= 11 is 0. The SMILES string of the molecule is CC(C)(C)c1ccc2c3[nH]c(c2c1)=Nc1[nH]c(c2ccccc12)N=c1[nH]c(c2ccccc12)=Nc1[nH]c(c2ccccc12)N=3. The van der Waals surface area contributed by atoms with Gasteiger partial charge in [-0.3, -0.25) is 0 Å². The quantitative estimate of drug-likeness (QED) is 0.150. The number of nitrogens with zero attached hydrogens (tertiary/aromatic N) is 4. The molecule has 4 N–H and O–H groups in total. The van der Waals surface area contributed by atoms with Gasteiger partial charge in [-0.1, -0.05) is 106 Å². The zero-order valence-electron chi connectivity index (χ0n) is 24.4. The molecule has 5 heterocycles. The van der Waals surface area contributed by atoms with Crippen LogP contribution in [0.3, 0.4) is 0 Å². The van der Waals surface area contributed by atoms with Crippen LogP contribution in [0.15, 0.2) is 111 Å². The van der Waals surface area contributed by atoms with Crippen LogP contribution in [0.1, 0.15) is 26.3 Å². The molecule has 0 fully saturated rings. The minimum absolute atomic E-state index is 0.0238. The molecule has 0 radical (unpaired) electrons. The van der Waals surface area contributed by atoms with E-state index in [0.29, 0.717) is 0 Å². The van der Waals surface area contributed by atoms with Gasteiger partial charge in [0.25, 0.3) is 0 Å². The summed E-state index contributed by atoms with van der Waals surface area (Å²) in [6.45, 7) is 6.67. The number of fused-ring (bicyclic) bond motifs is 20. The second kappa shape index (κ2) is 8.87. The zero-order valence-corrected chi connectivity index (χ0v) is 24.4. The molecule has 0 atom stereocenters. The molecule has 8 heteroatoms. The van der Waals surface area contributed by atoms with Crippen LogP contribution in [0.5, 0.6) is 0 Å². The fourth-order valence-corrected chi connectivity index (χ4v) is 6.24. The Morgan fingerprint density at radius 2 is 0.727 bits per heavy atom. The van der Waals surface area contributed by atoms with Gasteiger partial charge in [-0.25, -0.2) is 20.0 Å². The van der Waals surface area contributed by atoms with E-state index in [-0.39, 0.29) is 5.41 Å². The molecule has 0 spiro atoms. The van der Waals surface area contributed by atoms with Gasteiger partial charge in [-0.15, -0.1) is 0 Å². The van der Waals surface area contributed by atoms with E-state index in [4.69, 9.17) is 20.0 Å². The number of nitrogens with one attached hydrogen (secondary N) is 4. The number of hydrogen-bond donors (Lipinski definition) is 4. The Morgan fingerprint density at radius 3 is 1.11 bits per heavy atom. The Bertz CT molecular complexity index is 2700. The van der Waals surface area contributed by atoms with Crippen molar-refractivity contribution in [3.8, 4) is 0 Å². The summed E-state index contributed by atoms with van der Waals surface area (Å²) in [5.74, 6) is 2.92. The lowest BCUT2D eigenvalue weighted by Crippen LogP contribution is -2.11.